The molecule has 0 spiro atoms. The van der Waals surface area contributed by atoms with Gasteiger partial charge < -0.3 is 4.57 Å². The monoisotopic (exact) mass is 419 g/mol. The molecule has 1 aromatic heterocycles. The Morgan fingerprint density at radius 1 is 0.677 bits per heavy atom. The van der Waals surface area contributed by atoms with Crippen LogP contribution in [0.1, 0.15) is 27.5 Å². The van der Waals surface area contributed by atoms with Crippen LogP contribution in [0.15, 0.2) is 120 Å². The van der Waals surface area contributed by atoms with Gasteiger partial charge in [-0.1, -0.05) is 103 Å². The third kappa shape index (κ3) is 4.17. The van der Waals surface area contributed by atoms with Gasteiger partial charge in [0.25, 0.3) is 0 Å². The highest BCUT2D eigenvalue weighted by molar-refractivity contribution is 8.00. The largest absolute Gasteiger partial charge is 0.342 e. The second kappa shape index (κ2) is 8.87. The number of nitrogens with zero attached hydrogens (tertiary/aromatic N) is 1. The fourth-order valence-corrected chi connectivity index (χ4v) is 5.45. The van der Waals surface area contributed by atoms with Gasteiger partial charge in [-0.3, -0.25) is 0 Å². The summed E-state index contributed by atoms with van der Waals surface area (Å²) in [6.45, 7) is 3.08. The average molecular weight is 420 g/mol. The van der Waals surface area contributed by atoms with E-state index in [1.54, 1.807) is 0 Å². The van der Waals surface area contributed by atoms with E-state index in [1.807, 2.05) is 11.8 Å². The topological polar surface area (TPSA) is 4.93 Å². The molecule has 0 bridgehead atoms. The summed E-state index contributed by atoms with van der Waals surface area (Å²) in [5.74, 6) is 0. The van der Waals surface area contributed by atoms with Crippen LogP contribution in [-0.2, 0) is 6.54 Å². The lowest BCUT2D eigenvalue weighted by molar-refractivity contribution is 0.824. The summed E-state index contributed by atoms with van der Waals surface area (Å²) in [4.78, 5) is 1.32. The molecule has 1 heterocycles. The van der Waals surface area contributed by atoms with Gasteiger partial charge in [0.15, 0.2) is 0 Å². The number of aryl methyl sites for hydroxylation is 1. The quantitative estimate of drug-likeness (QED) is 0.253. The maximum Gasteiger partial charge on any atom is 0.0594 e. The van der Waals surface area contributed by atoms with Crippen molar-refractivity contribution in [2.24, 2.45) is 0 Å². The lowest BCUT2D eigenvalue weighted by atomic mass is 10.0. The van der Waals surface area contributed by atoms with E-state index in [1.165, 1.54) is 38.1 Å². The van der Waals surface area contributed by atoms with Crippen LogP contribution in [0.3, 0.4) is 0 Å². The summed E-state index contributed by atoms with van der Waals surface area (Å²) < 4.78 is 2.40. The van der Waals surface area contributed by atoms with Crippen LogP contribution in [0.5, 0.6) is 0 Å². The standard InChI is InChI=1S/C29H25NS/c1-22-12-8-9-17-25(22)20-30-21-28(26-18-10-11-19-27(26)30)31-29(23-13-4-2-5-14-23)24-15-6-3-7-16-24/h2-19,21,29H,20H2,1H3. The molecule has 5 aromatic rings. The van der Waals surface area contributed by atoms with Crippen molar-refractivity contribution in [2.75, 3.05) is 0 Å². The smallest absolute Gasteiger partial charge is 0.0594 e. The molecule has 0 aliphatic carbocycles. The highest BCUT2D eigenvalue weighted by Gasteiger charge is 2.19. The number of fused-ring (bicyclic) bond motifs is 1. The summed E-state index contributed by atoms with van der Waals surface area (Å²) >= 11 is 1.94. The van der Waals surface area contributed by atoms with Crippen molar-refractivity contribution in [1.82, 2.24) is 4.57 Å². The van der Waals surface area contributed by atoms with Gasteiger partial charge in [0.05, 0.1) is 5.25 Å². The number of rotatable bonds is 6. The molecule has 5 rings (SSSR count). The zero-order chi connectivity index (χ0) is 21.0. The third-order valence-corrected chi connectivity index (χ3v) is 7.16. The van der Waals surface area contributed by atoms with Crippen molar-refractivity contribution in [3.63, 3.8) is 0 Å². The minimum atomic E-state index is 0.250. The number of hydrogen-bond acceptors (Lipinski definition) is 1. The SMILES string of the molecule is Cc1ccccc1Cn1cc(SC(c2ccccc2)c2ccccc2)c2ccccc21. The zero-order valence-corrected chi connectivity index (χ0v) is 18.4. The van der Waals surface area contributed by atoms with E-state index in [0.717, 1.165) is 6.54 Å². The Morgan fingerprint density at radius 2 is 1.26 bits per heavy atom. The van der Waals surface area contributed by atoms with Gasteiger partial charge in [0, 0.05) is 28.5 Å². The summed E-state index contributed by atoms with van der Waals surface area (Å²) in [6.07, 6.45) is 2.33. The molecule has 0 unspecified atom stereocenters. The predicted octanol–water partition coefficient (Wildman–Crippen LogP) is 7.88. The van der Waals surface area contributed by atoms with E-state index in [4.69, 9.17) is 0 Å². The van der Waals surface area contributed by atoms with Crippen LogP contribution in [0, 0.1) is 6.92 Å². The van der Waals surface area contributed by atoms with Gasteiger partial charge in [-0.15, -0.1) is 11.8 Å². The van der Waals surface area contributed by atoms with Crippen molar-refractivity contribution < 1.29 is 0 Å². The molecule has 0 atom stereocenters. The van der Waals surface area contributed by atoms with Gasteiger partial charge in [-0.05, 0) is 35.2 Å². The second-order valence-corrected chi connectivity index (χ2v) is 9.03. The Kier molecular flexibility index (Phi) is 5.64. The number of aromatic nitrogens is 1. The van der Waals surface area contributed by atoms with E-state index < -0.39 is 0 Å². The number of benzene rings is 4. The van der Waals surface area contributed by atoms with Gasteiger partial charge in [0.1, 0.15) is 0 Å². The molecule has 0 N–H and O–H groups in total. The Labute approximate surface area is 188 Å². The minimum absolute atomic E-state index is 0.250. The van der Waals surface area contributed by atoms with Gasteiger partial charge in [0.2, 0.25) is 0 Å². The Bertz CT molecular complexity index is 1250. The lowest BCUT2D eigenvalue weighted by Gasteiger charge is -2.17. The molecule has 0 aliphatic rings. The molecule has 0 saturated carbocycles. The van der Waals surface area contributed by atoms with Gasteiger partial charge in [-0.2, -0.15) is 0 Å². The highest BCUT2D eigenvalue weighted by atomic mass is 32.2. The van der Waals surface area contributed by atoms with Crippen LogP contribution < -0.4 is 0 Å². The second-order valence-electron chi connectivity index (χ2n) is 7.88. The first kappa shape index (κ1) is 19.7. The zero-order valence-electron chi connectivity index (χ0n) is 17.6. The van der Waals surface area contributed by atoms with Gasteiger partial charge >= 0.3 is 0 Å². The Balaban J connectivity index is 1.57. The highest BCUT2D eigenvalue weighted by Crippen LogP contribution is 2.43. The van der Waals surface area contributed by atoms with E-state index in [2.05, 4.69) is 127 Å². The molecule has 0 fully saturated rings. The molecule has 0 radical (unpaired) electrons. The fraction of sp³-hybridized carbons (Fsp3) is 0.103. The Hall–Kier alpha value is -3.23. The first-order chi connectivity index (χ1) is 15.3. The number of para-hydroxylation sites is 1. The molecule has 31 heavy (non-hydrogen) atoms. The van der Waals surface area contributed by atoms with Crippen LogP contribution in [0.2, 0.25) is 0 Å². The Morgan fingerprint density at radius 3 is 1.94 bits per heavy atom. The third-order valence-electron chi connectivity index (χ3n) is 5.80. The normalized spacial score (nSPS) is 11.3. The number of thioether (sulfide) groups is 1. The molecular formula is C29H25NS. The van der Waals surface area contributed by atoms with Crippen molar-refractivity contribution in [3.8, 4) is 0 Å². The molecule has 152 valence electrons. The summed E-state index contributed by atoms with van der Waals surface area (Å²) in [7, 11) is 0. The van der Waals surface area contributed by atoms with E-state index in [-0.39, 0.29) is 5.25 Å². The molecular weight excluding hydrogens is 394 g/mol. The molecule has 0 aliphatic heterocycles. The van der Waals surface area contributed by atoms with E-state index in [0.29, 0.717) is 0 Å². The molecule has 1 nitrogen and oxygen atoms in total. The lowest BCUT2D eigenvalue weighted by Crippen LogP contribution is -1.99. The van der Waals surface area contributed by atoms with Crippen molar-refractivity contribution in [3.05, 3.63) is 138 Å². The number of hydrogen-bond donors (Lipinski definition) is 0. The molecule has 0 amide bonds. The van der Waals surface area contributed by atoms with E-state index in [9.17, 15) is 0 Å². The first-order valence-electron chi connectivity index (χ1n) is 10.7. The average Bonchev–Trinajstić information content (AvgIpc) is 3.17. The van der Waals surface area contributed by atoms with Gasteiger partial charge in [-0.25, -0.2) is 0 Å². The minimum Gasteiger partial charge on any atom is -0.342 e. The maximum absolute atomic E-state index is 2.40. The van der Waals surface area contributed by atoms with E-state index >= 15 is 0 Å². The maximum atomic E-state index is 2.40. The summed E-state index contributed by atoms with van der Waals surface area (Å²) in [5.41, 5.74) is 6.64. The van der Waals surface area contributed by atoms with Crippen molar-refractivity contribution >= 4 is 22.7 Å². The molecule has 0 saturated heterocycles. The van der Waals surface area contributed by atoms with Crippen LogP contribution >= 0.6 is 11.8 Å². The van der Waals surface area contributed by atoms with Crippen molar-refractivity contribution in [1.29, 1.82) is 0 Å². The predicted molar refractivity (Wildman–Crippen MR) is 133 cm³/mol. The summed E-state index contributed by atoms with van der Waals surface area (Å²) in [6, 6.07) is 39.1. The van der Waals surface area contributed by atoms with Crippen LogP contribution in [0.25, 0.3) is 10.9 Å². The fourth-order valence-electron chi connectivity index (χ4n) is 4.12. The van der Waals surface area contributed by atoms with Crippen LogP contribution in [-0.4, -0.2) is 4.57 Å². The first-order valence-corrected chi connectivity index (χ1v) is 11.6. The molecule has 2 heteroatoms. The van der Waals surface area contributed by atoms with Crippen LogP contribution in [0.4, 0.5) is 0 Å². The summed E-state index contributed by atoms with van der Waals surface area (Å²) in [5, 5.41) is 1.57. The molecule has 4 aromatic carbocycles. The van der Waals surface area contributed by atoms with Crippen molar-refractivity contribution in [2.45, 2.75) is 23.6 Å².